The second-order valence-corrected chi connectivity index (χ2v) is 6.64. The van der Waals surface area contributed by atoms with Gasteiger partial charge in [0.05, 0.1) is 17.5 Å². The van der Waals surface area contributed by atoms with Crippen LogP contribution >= 0.6 is 0 Å². The lowest BCUT2D eigenvalue weighted by atomic mass is 10.0. The van der Waals surface area contributed by atoms with Crippen molar-refractivity contribution in [3.05, 3.63) is 75.7 Å². The number of aryl methyl sites for hydroxylation is 2. The highest BCUT2D eigenvalue weighted by Crippen LogP contribution is 2.15. The van der Waals surface area contributed by atoms with Gasteiger partial charge in [0.1, 0.15) is 0 Å². The van der Waals surface area contributed by atoms with Gasteiger partial charge in [-0.25, -0.2) is 4.68 Å². The number of fused-ring (bicyclic) bond motifs is 1. The van der Waals surface area contributed by atoms with Gasteiger partial charge in [-0.15, -0.1) is 0 Å². The van der Waals surface area contributed by atoms with E-state index in [9.17, 15) is 14.4 Å². The average Bonchev–Trinajstić information content (AvgIpc) is 2.71. The Morgan fingerprint density at radius 3 is 2.36 bits per heavy atom. The number of ketones is 1. The van der Waals surface area contributed by atoms with Gasteiger partial charge in [0, 0.05) is 18.0 Å². The molecule has 0 radical (unpaired) electrons. The molecule has 144 valence electrons. The first kappa shape index (κ1) is 19.5. The van der Waals surface area contributed by atoms with Crippen molar-refractivity contribution in [3.63, 3.8) is 0 Å². The second kappa shape index (κ2) is 8.17. The fraction of sp³-hybridized carbons (Fsp3) is 0.273. The molecule has 1 aromatic heterocycles. The minimum atomic E-state index is -0.904. The number of rotatable bonds is 6. The van der Waals surface area contributed by atoms with Gasteiger partial charge in [0.15, 0.2) is 6.10 Å². The lowest BCUT2D eigenvalue weighted by molar-refractivity contribution is -0.145. The number of carbonyl (C=O) groups excluding carboxylic acids is 2. The van der Waals surface area contributed by atoms with Crippen LogP contribution in [0.25, 0.3) is 10.8 Å². The summed E-state index contributed by atoms with van der Waals surface area (Å²) in [5.41, 5.74) is 1.85. The molecule has 0 spiro atoms. The zero-order valence-corrected chi connectivity index (χ0v) is 16.1. The number of aromatic nitrogens is 2. The third kappa shape index (κ3) is 4.01. The topological polar surface area (TPSA) is 78.3 Å². The Kier molecular flexibility index (Phi) is 5.68. The van der Waals surface area contributed by atoms with Gasteiger partial charge in [-0.05, 0) is 25.0 Å². The van der Waals surface area contributed by atoms with Crippen LogP contribution in [0.1, 0.15) is 35.5 Å². The molecule has 1 unspecified atom stereocenters. The van der Waals surface area contributed by atoms with Crippen LogP contribution in [0.4, 0.5) is 0 Å². The van der Waals surface area contributed by atoms with E-state index in [4.69, 9.17) is 4.74 Å². The van der Waals surface area contributed by atoms with Crippen LogP contribution in [0, 0.1) is 0 Å². The SMILES string of the molecule is CCc1ccc(C(=O)C(C)OC(=O)Cc2nn(C)c(=O)c3ccccc23)cc1. The lowest BCUT2D eigenvalue weighted by Gasteiger charge is -2.13. The number of carbonyl (C=O) groups is 2. The van der Waals surface area contributed by atoms with Crippen LogP contribution in [0.2, 0.25) is 0 Å². The van der Waals surface area contributed by atoms with Crippen LogP contribution in [-0.2, 0) is 29.4 Å². The molecule has 0 aliphatic carbocycles. The van der Waals surface area contributed by atoms with Gasteiger partial charge in [0.25, 0.3) is 5.56 Å². The van der Waals surface area contributed by atoms with Crippen molar-refractivity contribution >= 4 is 22.5 Å². The molecule has 1 atom stereocenters. The minimum absolute atomic E-state index is 0.124. The number of hydrogen-bond acceptors (Lipinski definition) is 5. The molecule has 0 saturated heterocycles. The molecule has 0 aliphatic heterocycles. The zero-order chi connectivity index (χ0) is 20.3. The van der Waals surface area contributed by atoms with Crippen molar-refractivity contribution in [2.45, 2.75) is 32.8 Å². The number of hydrogen-bond donors (Lipinski definition) is 0. The number of ether oxygens (including phenoxy) is 1. The molecule has 6 heteroatoms. The van der Waals surface area contributed by atoms with Crippen LogP contribution < -0.4 is 5.56 Å². The van der Waals surface area contributed by atoms with Gasteiger partial charge < -0.3 is 4.74 Å². The van der Waals surface area contributed by atoms with E-state index in [0.29, 0.717) is 22.0 Å². The zero-order valence-electron chi connectivity index (χ0n) is 16.1. The van der Waals surface area contributed by atoms with Crippen LogP contribution in [0.3, 0.4) is 0 Å². The number of esters is 1. The van der Waals surface area contributed by atoms with Gasteiger partial charge in [-0.2, -0.15) is 5.10 Å². The third-order valence-corrected chi connectivity index (χ3v) is 4.67. The first-order valence-electron chi connectivity index (χ1n) is 9.18. The van der Waals surface area contributed by atoms with Crippen molar-refractivity contribution < 1.29 is 14.3 Å². The van der Waals surface area contributed by atoms with Gasteiger partial charge >= 0.3 is 5.97 Å². The lowest BCUT2D eigenvalue weighted by Crippen LogP contribution is -2.27. The van der Waals surface area contributed by atoms with Crippen molar-refractivity contribution in [2.24, 2.45) is 7.05 Å². The van der Waals surface area contributed by atoms with Crippen LogP contribution in [0.5, 0.6) is 0 Å². The molecule has 6 nitrogen and oxygen atoms in total. The van der Waals surface area contributed by atoms with Gasteiger partial charge in [-0.1, -0.05) is 49.4 Å². The largest absolute Gasteiger partial charge is 0.454 e. The molecule has 0 saturated carbocycles. The third-order valence-electron chi connectivity index (χ3n) is 4.67. The van der Waals surface area contributed by atoms with E-state index >= 15 is 0 Å². The minimum Gasteiger partial charge on any atom is -0.454 e. The summed E-state index contributed by atoms with van der Waals surface area (Å²) in [4.78, 5) is 37.1. The highest BCUT2D eigenvalue weighted by Gasteiger charge is 2.21. The Morgan fingerprint density at radius 2 is 1.71 bits per heavy atom. The van der Waals surface area contributed by atoms with E-state index in [0.717, 1.165) is 12.0 Å². The standard InChI is InChI=1S/C22H22N2O4/c1-4-15-9-11-16(12-10-15)21(26)14(2)28-20(25)13-19-17-7-5-6-8-18(17)22(27)24(3)23-19/h5-12,14H,4,13H2,1-3H3. The van der Waals surface area contributed by atoms with E-state index in [1.807, 2.05) is 19.1 Å². The first-order valence-corrected chi connectivity index (χ1v) is 9.18. The molecule has 28 heavy (non-hydrogen) atoms. The molecule has 0 aliphatic rings. The molecule has 3 rings (SSSR count). The summed E-state index contributed by atoms with van der Waals surface area (Å²) in [7, 11) is 1.54. The summed E-state index contributed by atoms with van der Waals surface area (Å²) >= 11 is 0. The normalized spacial score (nSPS) is 12.0. The molecule has 0 amide bonds. The number of nitrogens with zero attached hydrogens (tertiary/aromatic N) is 2. The molecular formula is C22H22N2O4. The molecule has 0 bridgehead atoms. The predicted molar refractivity (Wildman–Crippen MR) is 106 cm³/mol. The first-order chi connectivity index (χ1) is 13.4. The highest BCUT2D eigenvalue weighted by molar-refractivity contribution is 6.00. The average molecular weight is 378 g/mol. The Morgan fingerprint density at radius 1 is 1.07 bits per heavy atom. The maximum absolute atomic E-state index is 12.5. The smallest absolute Gasteiger partial charge is 0.312 e. The number of Topliss-reactive ketones (excluding diaryl/α,β-unsaturated/α-hetero) is 1. The Balaban J connectivity index is 1.75. The predicted octanol–water partition coefficient (Wildman–Crippen LogP) is 2.85. The maximum atomic E-state index is 12.5. The van der Waals surface area contributed by atoms with E-state index < -0.39 is 12.1 Å². The van der Waals surface area contributed by atoms with Gasteiger partial charge in [-0.3, -0.25) is 14.4 Å². The highest BCUT2D eigenvalue weighted by atomic mass is 16.5. The Hall–Kier alpha value is -3.28. The summed E-state index contributed by atoms with van der Waals surface area (Å²) < 4.78 is 6.53. The van der Waals surface area contributed by atoms with Crippen molar-refractivity contribution in [3.8, 4) is 0 Å². The Bertz CT molecular complexity index is 1080. The summed E-state index contributed by atoms with van der Waals surface area (Å²) in [6.45, 7) is 3.60. The molecule has 0 fully saturated rings. The monoisotopic (exact) mass is 378 g/mol. The van der Waals surface area contributed by atoms with E-state index in [-0.39, 0.29) is 17.8 Å². The molecular weight excluding hydrogens is 356 g/mol. The van der Waals surface area contributed by atoms with Crippen molar-refractivity contribution in [2.75, 3.05) is 0 Å². The molecule has 1 heterocycles. The summed E-state index contributed by atoms with van der Waals surface area (Å²) in [6.07, 6.45) is -0.139. The van der Waals surface area contributed by atoms with Gasteiger partial charge in [0.2, 0.25) is 5.78 Å². The van der Waals surface area contributed by atoms with E-state index in [2.05, 4.69) is 5.10 Å². The molecule has 3 aromatic rings. The molecule has 0 N–H and O–H groups in total. The Labute approximate surface area is 162 Å². The maximum Gasteiger partial charge on any atom is 0.312 e. The van der Waals surface area contributed by atoms with Crippen molar-refractivity contribution in [1.82, 2.24) is 9.78 Å². The van der Waals surface area contributed by atoms with Crippen LogP contribution in [0.15, 0.2) is 53.3 Å². The van der Waals surface area contributed by atoms with E-state index in [1.165, 1.54) is 11.7 Å². The second-order valence-electron chi connectivity index (χ2n) is 6.64. The summed E-state index contributed by atoms with van der Waals surface area (Å²) in [6, 6.07) is 14.3. The fourth-order valence-electron chi connectivity index (χ4n) is 3.07. The van der Waals surface area contributed by atoms with Crippen molar-refractivity contribution in [1.29, 1.82) is 0 Å². The summed E-state index contributed by atoms with van der Waals surface area (Å²) in [5, 5.41) is 5.29. The quantitative estimate of drug-likeness (QED) is 0.487. The molecule has 2 aromatic carbocycles. The summed E-state index contributed by atoms with van der Waals surface area (Å²) in [5.74, 6) is -0.823. The van der Waals surface area contributed by atoms with E-state index in [1.54, 1.807) is 43.3 Å². The number of benzene rings is 2. The fourth-order valence-corrected chi connectivity index (χ4v) is 3.07. The van der Waals surface area contributed by atoms with Crippen LogP contribution in [-0.4, -0.2) is 27.6 Å².